The maximum Gasteiger partial charge on any atom is 0.119 e. The number of ether oxygens (including phenoxy) is 1. The van der Waals surface area contributed by atoms with Crippen LogP contribution in [0.25, 0.3) is 26.7 Å². The fourth-order valence-electron chi connectivity index (χ4n) is 3.11. The Morgan fingerprint density at radius 1 is 0.955 bits per heavy atom. The Balaban J connectivity index is 2.00. The van der Waals surface area contributed by atoms with Crippen molar-refractivity contribution < 1.29 is 4.74 Å². The topological polar surface area (TPSA) is 14.2 Å². The van der Waals surface area contributed by atoms with Gasteiger partial charge >= 0.3 is 0 Å². The smallest absolute Gasteiger partial charge is 0.119 e. The molecule has 4 rings (SSSR count). The van der Waals surface area contributed by atoms with Gasteiger partial charge in [0.2, 0.25) is 0 Å². The Morgan fingerprint density at radius 2 is 1.73 bits per heavy atom. The van der Waals surface area contributed by atoms with E-state index in [-0.39, 0.29) is 0 Å². The van der Waals surface area contributed by atoms with Gasteiger partial charge < -0.3 is 9.30 Å². The third-order valence-electron chi connectivity index (χ3n) is 4.10. The third kappa shape index (κ3) is 1.93. The van der Waals surface area contributed by atoms with E-state index >= 15 is 0 Å². The van der Waals surface area contributed by atoms with Crippen LogP contribution in [0.2, 0.25) is 0 Å². The lowest BCUT2D eigenvalue weighted by Gasteiger charge is -2.09. The Bertz CT molecular complexity index is 976. The second kappa shape index (κ2) is 4.89. The zero-order chi connectivity index (χ0) is 15.3. The number of aryl methyl sites for hydroxylation is 2. The molecule has 22 heavy (non-hydrogen) atoms. The number of hydrogen-bond donors (Lipinski definition) is 0. The molecular formula is C19H17NOS. The fourth-order valence-corrected chi connectivity index (χ4v) is 4.14. The van der Waals surface area contributed by atoms with E-state index in [0.717, 1.165) is 5.75 Å². The minimum absolute atomic E-state index is 0.883. The summed E-state index contributed by atoms with van der Waals surface area (Å²) in [6.45, 7) is 4.33. The van der Waals surface area contributed by atoms with Crippen molar-refractivity contribution >= 4 is 32.3 Å². The minimum atomic E-state index is 0.883. The third-order valence-corrected chi connectivity index (χ3v) is 5.20. The Kier molecular flexibility index (Phi) is 2.98. The van der Waals surface area contributed by atoms with Crippen LogP contribution < -0.4 is 4.74 Å². The van der Waals surface area contributed by atoms with E-state index in [9.17, 15) is 0 Å². The normalized spacial score (nSPS) is 11.4. The summed E-state index contributed by atoms with van der Waals surface area (Å²) in [6, 6.07) is 17.2. The van der Waals surface area contributed by atoms with Crippen LogP contribution in [0.1, 0.15) is 10.6 Å². The van der Waals surface area contributed by atoms with E-state index in [1.165, 1.54) is 37.2 Å². The first-order valence-electron chi connectivity index (χ1n) is 7.33. The first kappa shape index (κ1) is 13.4. The summed E-state index contributed by atoms with van der Waals surface area (Å²) in [5, 5.41) is 2.67. The van der Waals surface area contributed by atoms with Gasteiger partial charge in [0.05, 0.1) is 12.6 Å². The standard InChI is InChI=1S/C19H17NOS/c1-12-10-17-18(9-4-14-11-13(2)22-19(14)17)20(12)15-5-7-16(21-3)8-6-15/h4-11H,1-3H3. The van der Waals surface area contributed by atoms with Crippen LogP contribution in [-0.4, -0.2) is 11.7 Å². The van der Waals surface area contributed by atoms with Gasteiger partial charge in [-0.15, -0.1) is 11.3 Å². The van der Waals surface area contributed by atoms with Gasteiger partial charge in [0.15, 0.2) is 0 Å². The number of hydrogen-bond acceptors (Lipinski definition) is 2. The number of methoxy groups -OCH3 is 1. The van der Waals surface area contributed by atoms with E-state index in [2.05, 4.69) is 54.8 Å². The molecule has 0 aliphatic heterocycles. The van der Waals surface area contributed by atoms with Gasteiger partial charge in [-0.25, -0.2) is 0 Å². The molecule has 0 saturated heterocycles. The second-order valence-electron chi connectivity index (χ2n) is 5.59. The van der Waals surface area contributed by atoms with Crippen molar-refractivity contribution in [3.8, 4) is 11.4 Å². The van der Waals surface area contributed by atoms with Crippen molar-refractivity contribution in [3.05, 3.63) is 59.1 Å². The molecule has 110 valence electrons. The molecule has 0 saturated carbocycles. The van der Waals surface area contributed by atoms with Crippen molar-refractivity contribution in [1.82, 2.24) is 4.57 Å². The molecule has 4 aromatic rings. The predicted octanol–water partition coefficient (Wildman–Crippen LogP) is 5.47. The van der Waals surface area contributed by atoms with E-state index in [1.807, 2.05) is 23.5 Å². The molecule has 2 nitrogen and oxygen atoms in total. The molecule has 0 fully saturated rings. The average molecular weight is 307 g/mol. The van der Waals surface area contributed by atoms with Crippen molar-refractivity contribution in [3.63, 3.8) is 0 Å². The van der Waals surface area contributed by atoms with E-state index < -0.39 is 0 Å². The molecule has 0 radical (unpaired) electrons. The molecule has 0 unspecified atom stereocenters. The van der Waals surface area contributed by atoms with Gasteiger partial charge in [-0.3, -0.25) is 0 Å². The Hall–Kier alpha value is -2.26. The second-order valence-corrected chi connectivity index (χ2v) is 6.85. The summed E-state index contributed by atoms with van der Waals surface area (Å²) in [7, 11) is 1.70. The Morgan fingerprint density at radius 3 is 2.45 bits per heavy atom. The molecule has 2 aromatic carbocycles. The number of aromatic nitrogens is 1. The maximum absolute atomic E-state index is 5.26. The van der Waals surface area contributed by atoms with Crippen LogP contribution in [-0.2, 0) is 0 Å². The Labute approximate surface area is 133 Å². The summed E-state index contributed by atoms with van der Waals surface area (Å²) in [6.07, 6.45) is 0. The van der Waals surface area contributed by atoms with Crippen LogP contribution >= 0.6 is 11.3 Å². The average Bonchev–Trinajstić information content (AvgIpc) is 3.06. The first-order valence-corrected chi connectivity index (χ1v) is 8.14. The van der Waals surface area contributed by atoms with E-state index in [1.54, 1.807) is 7.11 Å². The van der Waals surface area contributed by atoms with Gasteiger partial charge in [0.1, 0.15) is 5.75 Å². The molecule has 3 heteroatoms. The van der Waals surface area contributed by atoms with E-state index in [4.69, 9.17) is 4.74 Å². The zero-order valence-corrected chi connectivity index (χ0v) is 13.7. The quantitative estimate of drug-likeness (QED) is 0.479. The van der Waals surface area contributed by atoms with Gasteiger partial charge in [-0.2, -0.15) is 0 Å². The SMILES string of the molecule is COc1ccc(-n2c(C)cc3c4sc(C)cc4ccc32)cc1. The van der Waals surface area contributed by atoms with Crippen molar-refractivity contribution in [2.24, 2.45) is 0 Å². The summed E-state index contributed by atoms with van der Waals surface area (Å²) < 4.78 is 8.95. The molecule has 0 N–H and O–H groups in total. The highest BCUT2D eigenvalue weighted by Crippen LogP contribution is 2.35. The predicted molar refractivity (Wildman–Crippen MR) is 94.7 cm³/mol. The summed E-state index contributed by atoms with van der Waals surface area (Å²) in [5.74, 6) is 0.883. The number of thiophene rings is 1. The van der Waals surface area contributed by atoms with Gasteiger partial charge in [-0.05, 0) is 61.7 Å². The molecule has 0 atom stereocenters. The molecule has 0 spiro atoms. The molecule has 2 heterocycles. The summed E-state index contributed by atoms with van der Waals surface area (Å²) in [5.41, 5.74) is 3.68. The van der Waals surface area contributed by atoms with E-state index in [0.29, 0.717) is 0 Å². The molecular weight excluding hydrogens is 290 g/mol. The van der Waals surface area contributed by atoms with Crippen molar-refractivity contribution in [1.29, 1.82) is 0 Å². The van der Waals surface area contributed by atoms with Gasteiger partial charge in [-0.1, -0.05) is 6.07 Å². The van der Waals surface area contributed by atoms with Crippen molar-refractivity contribution in [2.45, 2.75) is 13.8 Å². The van der Waals surface area contributed by atoms with Crippen LogP contribution in [0.3, 0.4) is 0 Å². The molecule has 0 amide bonds. The van der Waals surface area contributed by atoms with Gasteiger partial charge in [0, 0.05) is 26.3 Å². The zero-order valence-electron chi connectivity index (χ0n) is 12.9. The largest absolute Gasteiger partial charge is 0.497 e. The highest BCUT2D eigenvalue weighted by atomic mass is 32.1. The number of benzene rings is 2. The first-order chi connectivity index (χ1) is 10.7. The van der Waals surface area contributed by atoms with Crippen molar-refractivity contribution in [2.75, 3.05) is 7.11 Å². The van der Waals surface area contributed by atoms with Gasteiger partial charge in [0.25, 0.3) is 0 Å². The highest BCUT2D eigenvalue weighted by Gasteiger charge is 2.12. The van der Waals surface area contributed by atoms with Crippen LogP contribution in [0, 0.1) is 13.8 Å². The van der Waals surface area contributed by atoms with Crippen LogP contribution in [0.4, 0.5) is 0 Å². The number of rotatable bonds is 2. The highest BCUT2D eigenvalue weighted by molar-refractivity contribution is 7.20. The van der Waals surface area contributed by atoms with Crippen LogP contribution in [0.15, 0.2) is 48.5 Å². The molecule has 2 aromatic heterocycles. The van der Waals surface area contributed by atoms with Crippen LogP contribution in [0.5, 0.6) is 5.75 Å². The number of nitrogens with zero attached hydrogens (tertiary/aromatic N) is 1. The fraction of sp³-hybridized carbons (Fsp3) is 0.158. The minimum Gasteiger partial charge on any atom is -0.497 e. The molecule has 0 aliphatic carbocycles. The lowest BCUT2D eigenvalue weighted by molar-refractivity contribution is 0.415. The summed E-state index contributed by atoms with van der Waals surface area (Å²) in [4.78, 5) is 1.36. The molecule has 0 bridgehead atoms. The maximum atomic E-state index is 5.26. The molecule has 0 aliphatic rings. The number of fused-ring (bicyclic) bond motifs is 3. The lowest BCUT2D eigenvalue weighted by atomic mass is 10.2. The lowest BCUT2D eigenvalue weighted by Crippen LogP contribution is -1.96. The summed E-state index contributed by atoms with van der Waals surface area (Å²) >= 11 is 1.87. The monoisotopic (exact) mass is 307 g/mol.